The minimum Gasteiger partial charge on any atom is -0.495 e. The van der Waals surface area contributed by atoms with Crippen molar-refractivity contribution in [2.45, 2.75) is 6.61 Å². The Morgan fingerprint density at radius 1 is 1.38 bits per heavy atom. The first-order valence-electron chi connectivity index (χ1n) is 6.04. The van der Waals surface area contributed by atoms with Crippen molar-refractivity contribution in [2.24, 2.45) is 0 Å². The highest BCUT2D eigenvalue weighted by molar-refractivity contribution is 5.88. The van der Waals surface area contributed by atoms with Gasteiger partial charge in [-0.15, -0.1) is 0 Å². The molecule has 6 heteroatoms. The van der Waals surface area contributed by atoms with Crippen LogP contribution in [0, 0.1) is 11.3 Å². The summed E-state index contributed by atoms with van der Waals surface area (Å²) in [6.07, 6.45) is 1.39. The number of nitrogens with zero attached hydrogens (tertiary/aromatic N) is 2. The molecule has 0 fully saturated rings. The summed E-state index contributed by atoms with van der Waals surface area (Å²) in [6, 6.07) is 10.2. The lowest BCUT2D eigenvalue weighted by molar-refractivity contribution is 0.0685. The molecule has 0 saturated carbocycles. The molecule has 1 heterocycles. The van der Waals surface area contributed by atoms with Gasteiger partial charge in [0, 0.05) is 6.20 Å². The van der Waals surface area contributed by atoms with Crippen molar-refractivity contribution in [1.29, 1.82) is 5.26 Å². The molecular weight excluding hydrogens is 272 g/mol. The zero-order valence-electron chi connectivity index (χ0n) is 11.2. The highest BCUT2D eigenvalue weighted by Crippen LogP contribution is 2.21. The van der Waals surface area contributed by atoms with Crippen molar-refractivity contribution in [3.8, 4) is 17.6 Å². The number of carboxylic acid groups (broad SMARTS) is 1. The summed E-state index contributed by atoms with van der Waals surface area (Å²) in [4.78, 5) is 14.8. The van der Waals surface area contributed by atoms with Crippen LogP contribution in [0.5, 0.6) is 11.5 Å². The molecule has 1 aromatic heterocycles. The second-order valence-electron chi connectivity index (χ2n) is 4.09. The molecule has 0 aliphatic heterocycles. The number of carboxylic acids is 1. The van der Waals surface area contributed by atoms with Crippen molar-refractivity contribution in [1.82, 2.24) is 4.98 Å². The molecule has 6 nitrogen and oxygen atoms in total. The van der Waals surface area contributed by atoms with Gasteiger partial charge in [0.05, 0.1) is 12.7 Å². The molecule has 1 aromatic carbocycles. The predicted octanol–water partition coefficient (Wildman–Crippen LogP) is 2.24. The van der Waals surface area contributed by atoms with Gasteiger partial charge in [0.15, 0.2) is 11.4 Å². The van der Waals surface area contributed by atoms with Crippen LogP contribution in [0.2, 0.25) is 0 Å². The van der Waals surface area contributed by atoms with E-state index < -0.39 is 5.97 Å². The van der Waals surface area contributed by atoms with Crippen LogP contribution in [-0.4, -0.2) is 23.2 Å². The number of aromatic nitrogens is 1. The second kappa shape index (κ2) is 6.39. The van der Waals surface area contributed by atoms with Crippen molar-refractivity contribution < 1.29 is 19.4 Å². The van der Waals surface area contributed by atoms with E-state index in [9.17, 15) is 4.79 Å². The molecule has 2 rings (SSSR count). The molecule has 0 amide bonds. The molecule has 0 bridgehead atoms. The van der Waals surface area contributed by atoms with Gasteiger partial charge >= 0.3 is 5.97 Å². The number of rotatable bonds is 5. The van der Waals surface area contributed by atoms with Crippen LogP contribution >= 0.6 is 0 Å². The zero-order chi connectivity index (χ0) is 15.2. The predicted molar refractivity (Wildman–Crippen MR) is 73.2 cm³/mol. The molecular formula is C15H12N2O4. The molecule has 21 heavy (non-hydrogen) atoms. The van der Waals surface area contributed by atoms with Gasteiger partial charge in [0.1, 0.15) is 18.4 Å². The summed E-state index contributed by atoms with van der Waals surface area (Å²) >= 11 is 0. The zero-order valence-corrected chi connectivity index (χ0v) is 11.2. The number of ether oxygens (including phenoxy) is 2. The second-order valence-corrected chi connectivity index (χ2v) is 4.09. The van der Waals surface area contributed by atoms with Crippen molar-refractivity contribution in [2.75, 3.05) is 7.11 Å². The Kier molecular flexibility index (Phi) is 4.36. The number of hydrogen-bond donors (Lipinski definition) is 1. The number of pyridine rings is 1. The van der Waals surface area contributed by atoms with Crippen molar-refractivity contribution in [3.05, 3.63) is 53.3 Å². The molecule has 0 aliphatic rings. The molecule has 0 atom stereocenters. The minimum absolute atomic E-state index is 0.130. The van der Waals surface area contributed by atoms with E-state index in [-0.39, 0.29) is 18.1 Å². The molecule has 106 valence electrons. The summed E-state index contributed by atoms with van der Waals surface area (Å²) < 4.78 is 10.5. The van der Waals surface area contributed by atoms with Crippen LogP contribution in [-0.2, 0) is 6.61 Å². The van der Waals surface area contributed by atoms with Gasteiger partial charge in [-0.1, -0.05) is 6.07 Å². The Morgan fingerprint density at radius 3 is 2.86 bits per heavy atom. The number of methoxy groups -OCH3 is 1. The number of aromatic carboxylic acids is 1. The van der Waals surface area contributed by atoms with Crippen LogP contribution in [0.15, 0.2) is 36.5 Å². The molecule has 0 radical (unpaired) electrons. The summed E-state index contributed by atoms with van der Waals surface area (Å²) in [6.45, 7) is 0.130. The summed E-state index contributed by atoms with van der Waals surface area (Å²) in [7, 11) is 1.49. The topological polar surface area (TPSA) is 92.4 Å². The Balaban J connectivity index is 2.18. The van der Waals surface area contributed by atoms with Gasteiger partial charge in [0.25, 0.3) is 0 Å². The first-order chi connectivity index (χ1) is 10.2. The van der Waals surface area contributed by atoms with Crippen LogP contribution in [0.25, 0.3) is 0 Å². The maximum atomic E-state index is 11.0. The fourth-order valence-electron chi connectivity index (χ4n) is 1.76. The third-order valence-corrected chi connectivity index (χ3v) is 2.75. The van der Waals surface area contributed by atoms with E-state index in [0.717, 1.165) is 5.56 Å². The first kappa shape index (κ1) is 14.3. The summed E-state index contributed by atoms with van der Waals surface area (Å²) in [5, 5.41) is 18.0. The summed E-state index contributed by atoms with van der Waals surface area (Å²) in [5.41, 5.74) is 0.974. The SMILES string of the molecule is COc1ccc(COc2cccnc2C(=O)O)cc1C#N. The monoisotopic (exact) mass is 284 g/mol. The fourth-order valence-corrected chi connectivity index (χ4v) is 1.76. The maximum Gasteiger partial charge on any atom is 0.358 e. The van der Waals surface area contributed by atoms with Gasteiger partial charge in [0.2, 0.25) is 0 Å². The quantitative estimate of drug-likeness (QED) is 0.905. The standard InChI is InChI=1S/C15H12N2O4/c1-20-12-5-4-10(7-11(12)8-16)9-21-13-3-2-6-17-14(13)15(18)19/h2-7H,9H2,1H3,(H,18,19). The normalized spacial score (nSPS) is 9.71. The average Bonchev–Trinajstić information content (AvgIpc) is 2.52. The van der Waals surface area contributed by atoms with Crippen molar-refractivity contribution in [3.63, 3.8) is 0 Å². The lowest BCUT2D eigenvalue weighted by atomic mass is 10.1. The van der Waals surface area contributed by atoms with E-state index in [1.54, 1.807) is 24.3 Å². The molecule has 0 saturated heterocycles. The molecule has 0 spiro atoms. The summed E-state index contributed by atoms with van der Waals surface area (Å²) in [5.74, 6) is -0.494. The van der Waals surface area contributed by atoms with E-state index in [4.69, 9.17) is 19.8 Å². The Morgan fingerprint density at radius 2 is 2.19 bits per heavy atom. The average molecular weight is 284 g/mol. The molecule has 0 unspecified atom stereocenters. The fraction of sp³-hybridized carbons (Fsp3) is 0.133. The van der Waals surface area contributed by atoms with Crippen LogP contribution in [0.3, 0.4) is 0 Å². The van der Waals surface area contributed by atoms with Crippen LogP contribution in [0.4, 0.5) is 0 Å². The third kappa shape index (κ3) is 3.28. The first-order valence-corrected chi connectivity index (χ1v) is 6.04. The number of carbonyl (C=O) groups is 1. The van der Waals surface area contributed by atoms with E-state index >= 15 is 0 Å². The van der Waals surface area contributed by atoms with Crippen molar-refractivity contribution >= 4 is 5.97 Å². The Labute approximate surface area is 121 Å². The smallest absolute Gasteiger partial charge is 0.358 e. The maximum absolute atomic E-state index is 11.0. The number of nitriles is 1. The van der Waals surface area contributed by atoms with Crippen LogP contribution in [0.1, 0.15) is 21.6 Å². The number of benzene rings is 1. The van der Waals surface area contributed by atoms with Crippen LogP contribution < -0.4 is 9.47 Å². The van der Waals surface area contributed by atoms with Gasteiger partial charge in [-0.2, -0.15) is 5.26 Å². The van der Waals surface area contributed by atoms with E-state index in [1.807, 2.05) is 6.07 Å². The van der Waals surface area contributed by atoms with E-state index in [2.05, 4.69) is 4.98 Å². The Bertz CT molecular complexity index is 707. The van der Waals surface area contributed by atoms with Gasteiger partial charge in [-0.3, -0.25) is 0 Å². The lowest BCUT2D eigenvalue weighted by Gasteiger charge is -2.09. The Hall–Kier alpha value is -3.07. The lowest BCUT2D eigenvalue weighted by Crippen LogP contribution is -2.05. The molecule has 0 aliphatic carbocycles. The molecule has 1 N–H and O–H groups in total. The largest absolute Gasteiger partial charge is 0.495 e. The van der Waals surface area contributed by atoms with Gasteiger partial charge in [-0.25, -0.2) is 9.78 Å². The van der Waals surface area contributed by atoms with Gasteiger partial charge < -0.3 is 14.6 Å². The highest BCUT2D eigenvalue weighted by Gasteiger charge is 2.12. The van der Waals surface area contributed by atoms with E-state index in [1.165, 1.54) is 19.4 Å². The van der Waals surface area contributed by atoms with Gasteiger partial charge in [-0.05, 0) is 29.8 Å². The molecule has 2 aromatic rings. The highest BCUT2D eigenvalue weighted by atomic mass is 16.5. The number of hydrogen-bond acceptors (Lipinski definition) is 5. The third-order valence-electron chi connectivity index (χ3n) is 2.75. The minimum atomic E-state index is -1.15. The van der Waals surface area contributed by atoms with E-state index in [0.29, 0.717) is 11.3 Å².